The highest BCUT2D eigenvalue weighted by Crippen LogP contribution is 2.38. The summed E-state index contributed by atoms with van der Waals surface area (Å²) in [6.07, 6.45) is -1.38. The lowest BCUT2D eigenvalue weighted by Gasteiger charge is -2.38. The number of para-hydroxylation sites is 1. The standard InChI is InChI=1S/C40H41N3O7/c1-43(25-37(46)30-6-5-7-33(45)22-30)24-36-23-38(28-12-10-27(26-44)11-13-28)50-39(49-36)29-14-16-31(17-15-29)41-40(47)42-32-18-20-35(21-19-32)48-34-8-3-2-4-9-34/h2-22,36-39,44-46H,23-26H2,1H3,(H2,41,42,47)/t36-,37-,38+,39+/m1/s1. The van der Waals surface area contributed by atoms with Gasteiger partial charge in [0.1, 0.15) is 17.2 Å². The number of nitrogens with one attached hydrogen (secondary N) is 2. The average Bonchev–Trinajstić information content (AvgIpc) is 3.13. The van der Waals surface area contributed by atoms with Crippen LogP contribution in [-0.4, -0.2) is 52.5 Å². The van der Waals surface area contributed by atoms with Crippen molar-refractivity contribution in [3.05, 3.63) is 150 Å². The summed E-state index contributed by atoms with van der Waals surface area (Å²) in [6, 6.07) is 37.8. The molecule has 0 unspecified atom stereocenters. The lowest BCUT2D eigenvalue weighted by Crippen LogP contribution is -2.39. The largest absolute Gasteiger partial charge is 0.508 e. The Morgan fingerprint density at radius 3 is 2.12 bits per heavy atom. The molecule has 1 heterocycles. The van der Waals surface area contributed by atoms with Gasteiger partial charge in [0, 0.05) is 36.4 Å². The summed E-state index contributed by atoms with van der Waals surface area (Å²) in [6.45, 7) is 0.833. The van der Waals surface area contributed by atoms with Crippen LogP contribution in [0.4, 0.5) is 16.2 Å². The van der Waals surface area contributed by atoms with E-state index in [-0.39, 0.29) is 30.6 Å². The number of amides is 2. The van der Waals surface area contributed by atoms with E-state index in [1.165, 1.54) is 0 Å². The van der Waals surface area contributed by atoms with E-state index in [0.29, 0.717) is 42.2 Å². The van der Waals surface area contributed by atoms with Crippen LogP contribution in [0.25, 0.3) is 0 Å². The number of phenolic OH excluding ortho intramolecular Hbond substituents is 1. The zero-order valence-electron chi connectivity index (χ0n) is 27.7. The Morgan fingerprint density at radius 2 is 1.46 bits per heavy atom. The molecule has 2 amide bonds. The number of benzene rings is 5. The summed E-state index contributed by atoms with van der Waals surface area (Å²) in [5, 5.41) is 35.9. The normalized spacial score (nSPS) is 18.0. The minimum Gasteiger partial charge on any atom is -0.508 e. The molecule has 10 heteroatoms. The van der Waals surface area contributed by atoms with Crippen molar-refractivity contribution in [2.75, 3.05) is 30.8 Å². The summed E-state index contributed by atoms with van der Waals surface area (Å²) in [4.78, 5) is 14.8. The number of carbonyl (C=O) groups is 1. The molecule has 50 heavy (non-hydrogen) atoms. The minimum absolute atomic E-state index is 0.0408. The molecule has 6 rings (SSSR count). The van der Waals surface area contributed by atoms with Crippen molar-refractivity contribution in [1.82, 2.24) is 4.90 Å². The van der Waals surface area contributed by atoms with Gasteiger partial charge in [-0.15, -0.1) is 0 Å². The number of nitrogens with zero attached hydrogens (tertiary/aromatic N) is 1. The van der Waals surface area contributed by atoms with E-state index in [4.69, 9.17) is 14.2 Å². The van der Waals surface area contributed by atoms with E-state index in [9.17, 15) is 20.1 Å². The van der Waals surface area contributed by atoms with Crippen molar-refractivity contribution < 1.29 is 34.3 Å². The monoisotopic (exact) mass is 675 g/mol. The van der Waals surface area contributed by atoms with Gasteiger partial charge in [0.15, 0.2) is 6.29 Å². The Bertz CT molecular complexity index is 1820. The fraction of sp³-hybridized carbons (Fsp3) is 0.225. The van der Waals surface area contributed by atoms with Gasteiger partial charge in [-0.2, -0.15) is 0 Å². The Hall–Kier alpha value is -5.23. The Labute approximate surface area is 291 Å². The number of hydrogen-bond donors (Lipinski definition) is 5. The second-order valence-corrected chi connectivity index (χ2v) is 12.3. The van der Waals surface area contributed by atoms with Crippen LogP contribution < -0.4 is 15.4 Å². The van der Waals surface area contributed by atoms with Crippen LogP contribution in [0, 0.1) is 0 Å². The number of aliphatic hydroxyl groups excluding tert-OH is 2. The Kier molecular flexibility index (Phi) is 11.4. The van der Waals surface area contributed by atoms with Crippen molar-refractivity contribution in [3.63, 3.8) is 0 Å². The topological polar surface area (TPSA) is 133 Å². The van der Waals surface area contributed by atoms with Gasteiger partial charge in [0.2, 0.25) is 0 Å². The van der Waals surface area contributed by atoms with Crippen LogP contribution in [0.15, 0.2) is 127 Å². The lowest BCUT2D eigenvalue weighted by atomic mass is 9.99. The minimum atomic E-state index is -0.783. The SMILES string of the molecule is CN(C[C@H]1C[C@@H](c2ccc(CO)cc2)O[C@@H](c2ccc(NC(=O)Nc3ccc(Oc4ccccc4)cc3)cc2)O1)C[C@@H](O)c1cccc(O)c1. The third-order valence-electron chi connectivity index (χ3n) is 8.40. The van der Waals surface area contributed by atoms with Gasteiger partial charge in [-0.25, -0.2) is 4.79 Å². The fourth-order valence-electron chi connectivity index (χ4n) is 5.84. The van der Waals surface area contributed by atoms with Gasteiger partial charge in [0.05, 0.1) is 24.9 Å². The second kappa shape index (κ2) is 16.4. The molecule has 258 valence electrons. The zero-order valence-corrected chi connectivity index (χ0v) is 27.7. The van der Waals surface area contributed by atoms with Crippen molar-refractivity contribution in [1.29, 1.82) is 0 Å². The number of hydrogen-bond acceptors (Lipinski definition) is 8. The molecule has 1 fully saturated rings. The van der Waals surface area contributed by atoms with E-state index >= 15 is 0 Å². The number of ether oxygens (including phenoxy) is 3. The number of urea groups is 1. The molecule has 0 radical (unpaired) electrons. The number of aromatic hydroxyl groups is 1. The molecular weight excluding hydrogens is 634 g/mol. The third kappa shape index (κ3) is 9.47. The number of aliphatic hydroxyl groups is 2. The number of anilines is 2. The molecule has 5 aromatic rings. The summed E-state index contributed by atoms with van der Waals surface area (Å²) in [7, 11) is 1.92. The van der Waals surface area contributed by atoms with Crippen molar-refractivity contribution in [2.45, 2.75) is 37.6 Å². The van der Waals surface area contributed by atoms with Crippen LogP contribution in [0.2, 0.25) is 0 Å². The number of phenols is 1. The van der Waals surface area contributed by atoms with Gasteiger partial charge in [-0.05, 0) is 84.4 Å². The third-order valence-corrected chi connectivity index (χ3v) is 8.40. The maximum absolute atomic E-state index is 12.8. The smallest absolute Gasteiger partial charge is 0.323 e. The Balaban J connectivity index is 1.08. The van der Waals surface area contributed by atoms with Gasteiger partial charge in [-0.1, -0.05) is 66.7 Å². The highest BCUT2D eigenvalue weighted by molar-refractivity contribution is 5.99. The van der Waals surface area contributed by atoms with Gasteiger partial charge in [0.25, 0.3) is 0 Å². The molecule has 10 nitrogen and oxygen atoms in total. The first-order valence-corrected chi connectivity index (χ1v) is 16.5. The Morgan fingerprint density at radius 1 is 0.820 bits per heavy atom. The molecule has 1 aliphatic rings. The van der Waals surface area contributed by atoms with E-state index < -0.39 is 12.4 Å². The summed E-state index contributed by atoms with van der Waals surface area (Å²) >= 11 is 0. The maximum Gasteiger partial charge on any atom is 0.323 e. The first-order chi connectivity index (χ1) is 24.3. The second-order valence-electron chi connectivity index (χ2n) is 12.3. The zero-order chi connectivity index (χ0) is 34.9. The maximum atomic E-state index is 12.8. The molecule has 4 atom stereocenters. The lowest BCUT2D eigenvalue weighted by molar-refractivity contribution is -0.252. The predicted octanol–water partition coefficient (Wildman–Crippen LogP) is 7.53. The quantitative estimate of drug-likeness (QED) is 0.0917. The van der Waals surface area contributed by atoms with Crippen molar-refractivity contribution in [3.8, 4) is 17.2 Å². The fourth-order valence-corrected chi connectivity index (χ4v) is 5.84. The summed E-state index contributed by atoms with van der Waals surface area (Å²) in [5.74, 6) is 1.50. The number of carbonyl (C=O) groups excluding carboxylic acids is 1. The first kappa shape index (κ1) is 34.6. The van der Waals surface area contributed by atoms with Gasteiger partial charge in [-0.3, -0.25) is 0 Å². The number of likely N-dealkylation sites (N-methyl/N-ethyl adjacent to an activating group) is 1. The molecule has 0 bridgehead atoms. The molecule has 0 aliphatic carbocycles. The van der Waals surface area contributed by atoms with Crippen LogP contribution in [0.5, 0.6) is 17.2 Å². The molecule has 0 aromatic heterocycles. The van der Waals surface area contributed by atoms with E-state index in [2.05, 4.69) is 10.6 Å². The highest BCUT2D eigenvalue weighted by atomic mass is 16.7. The van der Waals surface area contributed by atoms with Crippen LogP contribution in [0.1, 0.15) is 47.2 Å². The molecule has 0 saturated carbocycles. The average molecular weight is 676 g/mol. The van der Waals surface area contributed by atoms with Crippen LogP contribution >= 0.6 is 0 Å². The van der Waals surface area contributed by atoms with Gasteiger partial charge < -0.3 is 45.1 Å². The van der Waals surface area contributed by atoms with E-state index in [0.717, 1.165) is 22.4 Å². The highest BCUT2D eigenvalue weighted by Gasteiger charge is 2.33. The molecule has 0 spiro atoms. The van der Waals surface area contributed by atoms with Crippen LogP contribution in [0.3, 0.4) is 0 Å². The summed E-state index contributed by atoms with van der Waals surface area (Å²) < 4.78 is 18.7. The molecule has 1 saturated heterocycles. The predicted molar refractivity (Wildman–Crippen MR) is 191 cm³/mol. The van der Waals surface area contributed by atoms with Gasteiger partial charge >= 0.3 is 6.03 Å². The van der Waals surface area contributed by atoms with Crippen molar-refractivity contribution in [2.24, 2.45) is 0 Å². The summed E-state index contributed by atoms with van der Waals surface area (Å²) in [5.41, 5.74) is 4.42. The molecular formula is C40H41N3O7. The van der Waals surface area contributed by atoms with Crippen LogP contribution in [-0.2, 0) is 16.1 Å². The number of rotatable bonds is 12. The van der Waals surface area contributed by atoms with Crippen molar-refractivity contribution >= 4 is 17.4 Å². The van der Waals surface area contributed by atoms with E-state index in [1.807, 2.05) is 78.7 Å². The molecule has 5 N–H and O–H groups in total. The first-order valence-electron chi connectivity index (χ1n) is 16.5. The molecule has 1 aliphatic heterocycles. The molecule has 5 aromatic carbocycles. The van der Waals surface area contributed by atoms with E-state index in [1.54, 1.807) is 60.7 Å².